The minimum Gasteiger partial charge on any atom is -0.406 e. The topological polar surface area (TPSA) is 45.5 Å². The highest BCUT2D eigenvalue weighted by Gasteiger charge is 2.35. The van der Waals surface area contributed by atoms with Crippen molar-refractivity contribution in [3.8, 4) is 0 Å². The molecule has 0 spiro atoms. The third-order valence-electron chi connectivity index (χ3n) is 3.57. The van der Waals surface area contributed by atoms with Crippen LogP contribution in [0.3, 0.4) is 0 Å². The number of nitrogens with zero attached hydrogens (tertiary/aromatic N) is 2. The molecule has 1 unspecified atom stereocenters. The zero-order chi connectivity index (χ0) is 13.3. The molecule has 19 heavy (non-hydrogen) atoms. The van der Waals surface area contributed by atoms with Crippen LogP contribution in [0.5, 0.6) is 0 Å². The van der Waals surface area contributed by atoms with Gasteiger partial charge in [-0.2, -0.15) is 5.10 Å². The lowest BCUT2D eigenvalue weighted by Crippen LogP contribution is -2.48. The van der Waals surface area contributed by atoms with Crippen LogP contribution in [0.1, 0.15) is 39.3 Å². The Morgan fingerprint density at radius 2 is 2.11 bits per heavy atom. The molecule has 0 aromatic carbocycles. The van der Waals surface area contributed by atoms with E-state index in [-0.39, 0.29) is 18.8 Å². The van der Waals surface area contributed by atoms with E-state index in [4.69, 9.17) is 14.0 Å². The zero-order valence-electron chi connectivity index (χ0n) is 11.7. The van der Waals surface area contributed by atoms with Crippen molar-refractivity contribution >= 4 is 12.7 Å². The van der Waals surface area contributed by atoms with E-state index in [1.807, 2.05) is 16.9 Å². The summed E-state index contributed by atoms with van der Waals surface area (Å²) >= 11 is 0. The summed E-state index contributed by atoms with van der Waals surface area (Å²) in [5.74, 6) is 0. The van der Waals surface area contributed by atoms with E-state index in [1.165, 1.54) is 6.42 Å². The van der Waals surface area contributed by atoms with Gasteiger partial charge in [-0.1, -0.05) is 13.8 Å². The Hall–Kier alpha value is -0.845. The van der Waals surface area contributed by atoms with Crippen molar-refractivity contribution in [2.45, 2.75) is 39.3 Å². The molecule has 1 aromatic rings. The van der Waals surface area contributed by atoms with Crippen molar-refractivity contribution < 1.29 is 14.0 Å². The fourth-order valence-electron chi connectivity index (χ4n) is 2.43. The first kappa shape index (κ1) is 13.2. The molecule has 2 aliphatic heterocycles. The quantitative estimate of drug-likeness (QED) is 0.756. The molecule has 0 bridgehead atoms. The van der Waals surface area contributed by atoms with Crippen molar-refractivity contribution in [1.82, 2.24) is 9.78 Å². The Labute approximate surface area is 114 Å². The van der Waals surface area contributed by atoms with Crippen molar-refractivity contribution in [1.29, 1.82) is 0 Å². The highest BCUT2D eigenvalue weighted by Crippen LogP contribution is 2.22. The SMILES string of the molecule is CC1(C)COB(c2ccn(C3CCCCO3)n2)OC1. The number of ether oxygens (including phenoxy) is 1. The van der Waals surface area contributed by atoms with E-state index in [9.17, 15) is 0 Å². The molecule has 0 aliphatic carbocycles. The summed E-state index contributed by atoms with van der Waals surface area (Å²) in [5.41, 5.74) is 0.926. The molecule has 2 aliphatic rings. The maximum atomic E-state index is 5.74. The largest absolute Gasteiger partial charge is 0.515 e. The molecule has 104 valence electrons. The molecule has 5 nitrogen and oxygen atoms in total. The molecule has 1 aromatic heterocycles. The summed E-state index contributed by atoms with van der Waals surface area (Å²) in [6.45, 7) is 6.49. The van der Waals surface area contributed by atoms with Crippen LogP contribution in [0, 0.1) is 5.41 Å². The summed E-state index contributed by atoms with van der Waals surface area (Å²) in [5, 5.41) is 4.55. The predicted molar refractivity (Wildman–Crippen MR) is 72.1 cm³/mol. The van der Waals surface area contributed by atoms with Crippen molar-refractivity contribution in [3.05, 3.63) is 12.3 Å². The Bertz CT molecular complexity index is 419. The van der Waals surface area contributed by atoms with Gasteiger partial charge in [-0.15, -0.1) is 0 Å². The van der Waals surface area contributed by atoms with Gasteiger partial charge in [0.1, 0.15) is 6.23 Å². The fraction of sp³-hybridized carbons (Fsp3) is 0.769. The third-order valence-corrected chi connectivity index (χ3v) is 3.57. The minimum atomic E-state index is -0.335. The fourth-order valence-corrected chi connectivity index (χ4v) is 2.43. The number of aromatic nitrogens is 2. The van der Waals surface area contributed by atoms with Crippen molar-refractivity contribution in [2.75, 3.05) is 19.8 Å². The lowest BCUT2D eigenvalue weighted by molar-refractivity contribution is -0.0394. The first-order valence-electron chi connectivity index (χ1n) is 7.04. The second-order valence-corrected chi connectivity index (χ2v) is 6.16. The molecule has 1 atom stereocenters. The van der Waals surface area contributed by atoms with Gasteiger partial charge in [0, 0.05) is 31.4 Å². The van der Waals surface area contributed by atoms with Gasteiger partial charge in [0.15, 0.2) is 0 Å². The molecule has 6 heteroatoms. The molecule has 0 amide bonds. The van der Waals surface area contributed by atoms with Gasteiger partial charge in [0.05, 0.1) is 5.59 Å². The van der Waals surface area contributed by atoms with Gasteiger partial charge in [0.2, 0.25) is 0 Å². The van der Waals surface area contributed by atoms with Crippen LogP contribution >= 0.6 is 0 Å². The lowest BCUT2D eigenvalue weighted by atomic mass is 9.80. The lowest BCUT2D eigenvalue weighted by Gasteiger charge is -2.32. The van der Waals surface area contributed by atoms with Crippen molar-refractivity contribution in [3.63, 3.8) is 0 Å². The molecule has 2 fully saturated rings. The average molecular weight is 264 g/mol. The Kier molecular flexibility index (Phi) is 3.65. The monoisotopic (exact) mass is 264 g/mol. The Morgan fingerprint density at radius 1 is 1.32 bits per heavy atom. The van der Waals surface area contributed by atoms with Crippen LogP contribution in [-0.2, 0) is 14.0 Å². The molecule has 0 N–H and O–H groups in total. The van der Waals surface area contributed by atoms with E-state index in [1.54, 1.807) is 0 Å². The molecular formula is C13H21BN2O3. The minimum absolute atomic E-state index is 0.0718. The van der Waals surface area contributed by atoms with E-state index >= 15 is 0 Å². The zero-order valence-corrected chi connectivity index (χ0v) is 11.7. The highest BCUT2D eigenvalue weighted by atomic mass is 16.6. The van der Waals surface area contributed by atoms with Crippen LogP contribution in [0.4, 0.5) is 0 Å². The first-order valence-corrected chi connectivity index (χ1v) is 7.04. The van der Waals surface area contributed by atoms with E-state index in [0.29, 0.717) is 13.2 Å². The summed E-state index contributed by atoms with van der Waals surface area (Å²) in [4.78, 5) is 0. The van der Waals surface area contributed by atoms with Crippen LogP contribution in [0.2, 0.25) is 0 Å². The second-order valence-electron chi connectivity index (χ2n) is 6.16. The Morgan fingerprint density at radius 3 is 2.79 bits per heavy atom. The third kappa shape index (κ3) is 3.01. The van der Waals surface area contributed by atoms with Gasteiger partial charge < -0.3 is 14.0 Å². The maximum Gasteiger partial charge on any atom is 0.515 e. The van der Waals surface area contributed by atoms with Gasteiger partial charge in [-0.05, 0) is 25.3 Å². The van der Waals surface area contributed by atoms with Crippen LogP contribution in [0.25, 0.3) is 0 Å². The summed E-state index contributed by atoms with van der Waals surface area (Å²) in [6.07, 6.45) is 5.40. The van der Waals surface area contributed by atoms with Crippen LogP contribution in [0.15, 0.2) is 12.3 Å². The normalized spacial score (nSPS) is 27.5. The number of rotatable bonds is 2. The van der Waals surface area contributed by atoms with E-state index in [2.05, 4.69) is 18.9 Å². The van der Waals surface area contributed by atoms with Gasteiger partial charge in [-0.3, -0.25) is 0 Å². The molecule has 3 rings (SSSR count). The predicted octanol–water partition coefficient (Wildman–Crippen LogP) is 1.35. The van der Waals surface area contributed by atoms with Gasteiger partial charge in [0.25, 0.3) is 0 Å². The summed E-state index contributed by atoms with van der Waals surface area (Å²) in [7, 11) is -0.335. The summed E-state index contributed by atoms with van der Waals surface area (Å²) < 4.78 is 19.1. The molecular weight excluding hydrogens is 243 g/mol. The van der Waals surface area contributed by atoms with E-state index < -0.39 is 0 Å². The summed E-state index contributed by atoms with van der Waals surface area (Å²) in [6, 6.07) is 1.96. The second kappa shape index (κ2) is 5.27. The molecule has 0 saturated carbocycles. The maximum absolute atomic E-state index is 5.74. The van der Waals surface area contributed by atoms with Gasteiger partial charge in [-0.25, -0.2) is 4.68 Å². The Balaban J connectivity index is 1.64. The van der Waals surface area contributed by atoms with E-state index in [0.717, 1.165) is 25.0 Å². The number of hydrogen-bond acceptors (Lipinski definition) is 4. The molecule has 2 saturated heterocycles. The van der Waals surface area contributed by atoms with Gasteiger partial charge >= 0.3 is 7.12 Å². The average Bonchev–Trinajstić information content (AvgIpc) is 2.89. The smallest absolute Gasteiger partial charge is 0.406 e. The van der Waals surface area contributed by atoms with Crippen LogP contribution < -0.4 is 5.59 Å². The first-order chi connectivity index (χ1) is 9.14. The molecule has 3 heterocycles. The van der Waals surface area contributed by atoms with Crippen molar-refractivity contribution in [2.24, 2.45) is 5.41 Å². The standard InChI is InChI=1S/C13H21BN2O3/c1-13(2)9-18-14(19-10-13)11-6-7-16(15-11)12-5-3-4-8-17-12/h6-7,12H,3-5,8-10H2,1-2H3. The molecule has 0 radical (unpaired) electrons. The highest BCUT2D eigenvalue weighted by molar-refractivity contribution is 6.60. The number of hydrogen-bond donors (Lipinski definition) is 0. The van der Waals surface area contributed by atoms with Crippen LogP contribution in [-0.4, -0.2) is 36.7 Å².